The highest BCUT2D eigenvalue weighted by Gasteiger charge is 2.01. The van der Waals surface area contributed by atoms with Gasteiger partial charge in [0.05, 0.1) is 0 Å². The van der Waals surface area contributed by atoms with Crippen molar-refractivity contribution >= 4 is 0 Å². The zero-order valence-corrected chi connectivity index (χ0v) is 8.44. The summed E-state index contributed by atoms with van der Waals surface area (Å²) in [6.45, 7) is 11.8. The minimum atomic E-state index is 0.750. The minimum absolute atomic E-state index is 0.750. The summed E-state index contributed by atoms with van der Waals surface area (Å²) in [7, 11) is 2.16. The zero-order valence-electron chi connectivity index (χ0n) is 8.44. The topological polar surface area (TPSA) is 3.24 Å². The van der Waals surface area contributed by atoms with Gasteiger partial charge in [0.15, 0.2) is 0 Å². The van der Waals surface area contributed by atoms with Crippen molar-refractivity contribution in [1.82, 2.24) is 4.90 Å². The molecule has 0 radical (unpaired) electrons. The van der Waals surface area contributed by atoms with Crippen LogP contribution < -0.4 is 0 Å². The molecule has 64 valence electrons. The first-order chi connectivity index (χ1) is 4.72. The lowest BCUT2D eigenvalue weighted by Crippen LogP contribution is -2.27. The summed E-state index contributed by atoms with van der Waals surface area (Å²) in [6.07, 6.45) is 1.25. The van der Waals surface area contributed by atoms with Crippen LogP contribution in [0.2, 0.25) is 0 Å². The molecule has 1 atom stereocenters. The molecule has 0 amide bonds. The minimum Gasteiger partial charge on any atom is -0.304 e. The molecule has 0 rings (SSSR count). The Bertz CT molecular complexity index is 44.7. The van der Waals surface area contributed by atoms with Gasteiger partial charge in [0.2, 0.25) is 0 Å². The fraction of sp³-hybridized carbons (Fsp3) is 1.00. The number of nitrogens with zero attached hydrogens (tertiary/aromatic N) is 1. The summed E-state index contributed by atoms with van der Waals surface area (Å²) in [5.41, 5.74) is 0. The average molecular weight is 145 g/mol. The van der Waals surface area contributed by atoms with Gasteiger partial charge in [-0.15, -0.1) is 0 Å². The predicted molar refractivity (Wildman–Crippen MR) is 49.4 cm³/mol. The molecule has 0 aliphatic rings. The SMILES string of the molecule is CC.CC[C@@H](C)N(C)CC. The van der Waals surface area contributed by atoms with E-state index in [4.69, 9.17) is 0 Å². The number of hydrogen-bond donors (Lipinski definition) is 0. The van der Waals surface area contributed by atoms with Crippen molar-refractivity contribution in [3.8, 4) is 0 Å². The third-order valence-electron chi connectivity index (χ3n) is 1.84. The second-order valence-corrected chi connectivity index (χ2v) is 2.33. The Morgan fingerprint density at radius 1 is 1.20 bits per heavy atom. The van der Waals surface area contributed by atoms with E-state index in [9.17, 15) is 0 Å². The van der Waals surface area contributed by atoms with E-state index in [-0.39, 0.29) is 0 Å². The van der Waals surface area contributed by atoms with Gasteiger partial charge < -0.3 is 4.90 Å². The number of hydrogen-bond acceptors (Lipinski definition) is 1. The summed E-state index contributed by atoms with van der Waals surface area (Å²) in [5, 5.41) is 0. The lowest BCUT2D eigenvalue weighted by molar-refractivity contribution is 0.265. The molecule has 0 heterocycles. The maximum Gasteiger partial charge on any atom is 0.00611 e. The lowest BCUT2D eigenvalue weighted by atomic mass is 10.2. The van der Waals surface area contributed by atoms with E-state index in [1.54, 1.807) is 0 Å². The van der Waals surface area contributed by atoms with Gasteiger partial charge in [-0.25, -0.2) is 0 Å². The Kier molecular flexibility index (Phi) is 11.3. The molecule has 0 fully saturated rings. The third-order valence-corrected chi connectivity index (χ3v) is 1.84. The van der Waals surface area contributed by atoms with Crippen molar-refractivity contribution < 1.29 is 0 Å². The van der Waals surface area contributed by atoms with Gasteiger partial charge in [0, 0.05) is 6.04 Å². The summed E-state index contributed by atoms with van der Waals surface area (Å²) >= 11 is 0. The van der Waals surface area contributed by atoms with Gasteiger partial charge in [-0.1, -0.05) is 27.7 Å². The first-order valence-electron chi connectivity index (χ1n) is 4.42. The summed E-state index contributed by atoms with van der Waals surface area (Å²) in [5.74, 6) is 0. The van der Waals surface area contributed by atoms with Crippen molar-refractivity contribution in [3.63, 3.8) is 0 Å². The quantitative estimate of drug-likeness (QED) is 0.590. The van der Waals surface area contributed by atoms with Crippen LogP contribution in [0, 0.1) is 0 Å². The Labute approximate surface area is 66.4 Å². The van der Waals surface area contributed by atoms with Crippen LogP contribution in [0.5, 0.6) is 0 Å². The van der Waals surface area contributed by atoms with Crippen LogP contribution in [0.3, 0.4) is 0 Å². The van der Waals surface area contributed by atoms with Gasteiger partial charge in [-0.3, -0.25) is 0 Å². The molecule has 0 aliphatic carbocycles. The van der Waals surface area contributed by atoms with Crippen LogP contribution in [0.4, 0.5) is 0 Å². The normalized spacial score (nSPS) is 12.3. The van der Waals surface area contributed by atoms with Crippen LogP contribution in [0.1, 0.15) is 41.0 Å². The molecule has 0 N–H and O–H groups in total. The molecule has 1 heteroatoms. The molecule has 0 saturated heterocycles. The number of rotatable bonds is 3. The Balaban J connectivity index is 0. The molecule has 10 heavy (non-hydrogen) atoms. The molecule has 0 aromatic rings. The molecule has 0 aliphatic heterocycles. The molecular weight excluding hydrogens is 122 g/mol. The largest absolute Gasteiger partial charge is 0.304 e. The molecule has 0 spiro atoms. The van der Waals surface area contributed by atoms with Gasteiger partial charge in [0.25, 0.3) is 0 Å². The van der Waals surface area contributed by atoms with Crippen molar-refractivity contribution in [2.75, 3.05) is 13.6 Å². The van der Waals surface area contributed by atoms with E-state index < -0.39 is 0 Å². The van der Waals surface area contributed by atoms with E-state index in [1.807, 2.05) is 13.8 Å². The molecule has 0 unspecified atom stereocenters. The Morgan fingerprint density at radius 3 is 1.70 bits per heavy atom. The van der Waals surface area contributed by atoms with Crippen molar-refractivity contribution in [1.29, 1.82) is 0 Å². The molecule has 1 nitrogen and oxygen atoms in total. The Morgan fingerprint density at radius 2 is 1.60 bits per heavy atom. The standard InChI is InChI=1S/C7H17N.C2H6/c1-5-7(3)8(4)6-2;1-2/h7H,5-6H2,1-4H3;1-2H3/t7-;/m1./s1. The van der Waals surface area contributed by atoms with E-state index in [0.29, 0.717) is 0 Å². The first kappa shape index (κ1) is 12.6. The van der Waals surface area contributed by atoms with Crippen LogP contribution in [-0.2, 0) is 0 Å². The maximum absolute atomic E-state index is 2.35. The van der Waals surface area contributed by atoms with Gasteiger partial charge in [0.1, 0.15) is 0 Å². The maximum atomic E-state index is 2.35. The fourth-order valence-electron chi connectivity index (χ4n) is 0.623. The van der Waals surface area contributed by atoms with Gasteiger partial charge >= 0.3 is 0 Å². The zero-order chi connectivity index (χ0) is 8.57. The average Bonchev–Trinajstić information content (AvgIpc) is 2.05. The Hall–Kier alpha value is -0.0400. The van der Waals surface area contributed by atoms with E-state index in [2.05, 4.69) is 32.7 Å². The van der Waals surface area contributed by atoms with E-state index in [1.165, 1.54) is 6.42 Å². The van der Waals surface area contributed by atoms with Gasteiger partial charge in [-0.2, -0.15) is 0 Å². The van der Waals surface area contributed by atoms with Crippen LogP contribution in [0.25, 0.3) is 0 Å². The highest BCUT2D eigenvalue weighted by molar-refractivity contribution is 4.56. The second-order valence-electron chi connectivity index (χ2n) is 2.33. The molecule has 0 aromatic heterocycles. The van der Waals surface area contributed by atoms with Crippen molar-refractivity contribution in [2.24, 2.45) is 0 Å². The highest BCUT2D eigenvalue weighted by atomic mass is 15.1. The van der Waals surface area contributed by atoms with Crippen LogP contribution in [0.15, 0.2) is 0 Å². The summed E-state index contributed by atoms with van der Waals surface area (Å²) < 4.78 is 0. The highest BCUT2D eigenvalue weighted by Crippen LogP contribution is 1.97. The second kappa shape index (κ2) is 8.96. The lowest BCUT2D eigenvalue weighted by Gasteiger charge is -2.20. The molecule has 0 saturated carbocycles. The first-order valence-corrected chi connectivity index (χ1v) is 4.42. The van der Waals surface area contributed by atoms with E-state index in [0.717, 1.165) is 12.6 Å². The third kappa shape index (κ3) is 6.09. The van der Waals surface area contributed by atoms with Gasteiger partial charge in [-0.05, 0) is 26.9 Å². The molecule has 0 bridgehead atoms. The monoisotopic (exact) mass is 145 g/mol. The molecular formula is C9H23N. The van der Waals surface area contributed by atoms with E-state index >= 15 is 0 Å². The van der Waals surface area contributed by atoms with Crippen LogP contribution in [-0.4, -0.2) is 24.5 Å². The summed E-state index contributed by atoms with van der Waals surface area (Å²) in [4.78, 5) is 2.35. The van der Waals surface area contributed by atoms with Crippen molar-refractivity contribution in [2.45, 2.75) is 47.1 Å². The molecule has 0 aromatic carbocycles. The predicted octanol–water partition coefficient (Wildman–Crippen LogP) is 2.76. The smallest absolute Gasteiger partial charge is 0.00611 e. The fourth-order valence-corrected chi connectivity index (χ4v) is 0.623. The van der Waals surface area contributed by atoms with Crippen LogP contribution >= 0.6 is 0 Å². The summed E-state index contributed by atoms with van der Waals surface area (Å²) in [6, 6.07) is 0.750. The van der Waals surface area contributed by atoms with Crippen molar-refractivity contribution in [3.05, 3.63) is 0 Å².